The van der Waals surface area contributed by atoms with Gasteiger partial charge >= 0.3 is 0 Å². The molecule has 182 valence electrons. The summed E-state index contributed by atoms with van der Waals surface area (Å²) >= 11 is 0. The van der Waals surface area contributed by atoms with Crippen LogP contribution in [-0.2, 0) is 27.7 Å². The van der Waals surface area contributed by atoms with Crippen molar-refractivity contribution in [3.05, 3.63) is 59.7 Å². The van der Waals surface area contributed by atoms with Crippen LogP contribution in [0.25, 0.3) is 10.8 Å². The van der Waals surface area contributed by atoms with E-state index in [-0.39, 0.29) is 16.7 Å². The van der Waals surface area contributed by atoms with E-state index in [1.807, 2.05) is 12.1 Å². The lowest BCUT2D eigenvalue weighted by Crippen LogP contribution is -2.41. The predicted octanol–water partition coefficient (Wildman–Crippen LogP) is 4.14. The zero-order valence-electron chi connectivity index (χ0n) is 19.5. The number of hydrogen-bond acceptors (Lipinski definition) is 5. The Morgan fingerprint density at radius 2 is 1.66 bits per heavy atom. The molecule has 1 saturated heterocycles. The highest BCUT2D eigenvalue weighted by Crippen LogP contribution is 2.36. The number of fused-ring (bicyclic) bond motifs is 1. The van der Waals surface area contributed by atoms with Gasteiger partial charge in [-0.1, -0.05) is 24.3 Å². The normalized spacial score (nSPS) is 18.4. The van der Waals surface area contributed by atoms with Crippen LogP contribution in [0.2, 0.25) is 0 Å². The zero-order valence-corrected chi connectivity index (χ0v) is 20.3. The number of nitrogens with one attached hydrogen (secondary N) is 1. The van der Waals surface area contributed by atoms with Crippen LogP contribution < -0.4 is 14.8 Å². The maximum absolute atomic E-state index is 13.3. The second-order valence-corrected chi connectivity index (χ2v) is 11.4. The van der Waals surface area contributed by atoms with Crippen molar-refractivity contribution < 1.29 is 22.7 Å². The molecule has 0 spiro atoms. The summed E-state index contributed by atoms with van der Waals surface area (Å²) in [4.78, 5) is 13.3. The van der Waals surface area contributed by atoms with Crippen molar-refractivity contribution in [1.82, 2.24) is 4.31 Å². The molecule has 1 aliphatic carbocycles. The lowest BCUT2D eigenvalue weighted by molar-refractivity contribution is -0.120. The summed E-state index contributed by atoms with van der Waals surface area (Å²) in [6.45, 7) is 1.66. The first-order chi connectivity index (χ1) is 17.0. The number of amides is 1. The van der Waals surface area contributed by atoms with E-state index in [1.165, 1.54) is 20.8 Å². The first-order valence-electron chi connectivity index (χ1n) is 12.2. The molecule has 3 aliphatic rings. The molecule has 7 nitrogen and oxygen atoms in total. The standard InChI is InChI=1S/C27H28N2O5S/c30-27(28-23-9-7-19-6-5-18-3-1-4-22(23)26(18)19)20-11-13-29(14-12-20)35(31,32)21-8-10-24-25(17-21)34-16-2-15-33-24/h1,3-4,7-10,17,20H,2,5-6,11-16H2,(H,28,30). The summed E-state index contributed by atoms with van der Waals surface area (Å²) < 4.78 is 39.3. The number of sulfonamides is 1. The Morgan fingerprint density at radius 1 is 0.914 bits per heavy atom. The molecular formula is C27H28N2O5S. The molecule has 3 aromatic carbocycles. The molecular weight excluding hydrogens is 464 g/mol. The van der Waals surface area contributed by atoms with Gasteiger partial charge in [-0.15, -0.1) is 0 Å². The Bertz CT molecular complexity index is 1400. The van der Waals surface area contributed by atoms with Gasteiger partial charge in [-0.3, -0.25) is 4.79 Å². The maximum Gasteiger partial charge on any atom is 0.243 e. The number of carbonyl (C=O) groups excluding carboxylic acids is 1. The highest BCUT2D eigenvalue weighted by atomic mass is 32.2. The second-order valence-electron chi connectivity index (χ2n) is 9.44. The number of nitrogens with zero attached hydrogens (tertiary/aromatic N) is 1. The minimum absolute atomic E-state index is 0.0451. The lowest BCUT2D eigenvalue weighted by Gasteiger charge is -2.30. The number of anilines is 1. The van der Waals surface area contributed by atoms with Gasteiger partial charge in [0, 0.05) is 42.6 Å². The third-order valence-corrected chi connectivity index (χ3v) is 9.21. The molecule has 0 unspecified atom stereocenters. The Morgan fingerprint density at radius 3 is 2.46 bits per heavy atom. The van der Waals surface area contributed by atoms with Crippen molar-refractivity contribution in [2.75, 3.05) is 31.6 Å². The number of benzene rings is 3. The zero-order chi connectivity index (χ0) is 24.0. The molecule has 0 bridgehead atoms. The van der Waals surface area contributed by atoms with Crippen molar-refractivity contribution >= 4 is 32.4 Å². The fraction of sp³-hybridized carbons (Fsp3) is 0.370. The minimum atomic E-state index is -3.68. The van der Waals surface area contributed by atoms with E-state index in [4.69, 9.17) is 9.47 Å². The third-order valence-electron chi connectivity index (χ3n) is 7.32. The van der Waals surface area contributed by atoms with E-state index < -0.39 is 10.0 Å². The van der Waals surface area contributed by atoms with E-state index >= 15 is 0 Å². The first kappa shape index (κ1) is 22.4. The van der Waals surface area contributed by atoms with Crippen LogP contribution in [0.1, 0.15) is 30.4 Å². The number of carbonyl (C=O) groups is 1. The van der Waals surface area contributed by atoms with Crippen molar-refractivity contribution in [2.24, 2.45) is 5.92 Å². The SMILES string of the molecule is O=C(Nc1ccc2c3c(cccc13)CC2)C1CCN(S(=O)(=O)c2ccc3c(c2)OCCCO3)CC1. The summed E-state index contributed by atoms with van der Waals surface area (Å²) in [6, 6.07) is 15.1. The molecule has 3 aromatic rings. The molecule has 0 aromatic heterocycles. The third kappa shape index (κ3) is 4.04. The Hall–Kier alpha value is -3.10. The Balaban J connectivity index is 1.14. The minimum Gasteiger partial charge on any atom is -0.490 e. The van der Waals surface area contributed by atoms with Crippen LogP contribution in [-0.4, -0.2) is 44.9 Å². The highest BCUT2D eigenvalue weighted by Gasteiger charge is 2.33. The molecule has 0 saturated carbocycles. The smallest absolute Gasteiger partial charge is 0.243 e. The summed E-state index contributed by atoms with van der Waals surface area (Å²) in [6.07, 6.45) is 3.81. The summed E-state index contributed by atoms with van der Waals surface area (Å²) in [7, 11) is -3.68. The van der Waals surface area contributed by atoms with Crippen LogP contribution in [0, 0.1) is 5.92 Å². The van der Waals surface area contributed by atoms with Crippen LogP contribution in [0.15, 0.2) is 53.4 Å². The molecule has 0 radical (unpaired) electrons. The first-order valence-corrected chi connectivity index (χ1v) is 13.7. The van der Waals surface area contributed by atoms with Crippen molar-refractivity contribution in [2.45, 2.75) is 37.0 Å². The summed E-state index contributed by atoms with van der Waals surface area (Å²) in [5, 5.41) is 5.47. The quantitative estimate of drug-likeness (QED) is 0.592. The van der Waals surface area contributed by atoms with Gasteiger partial charge in [-0.25, -0.2) is 8.42 Å². The van der Waals surface area contributed by atoms with Crippen LogP contribution in [0.4, 0.5) is 5.69 Å². The average molecular weight is 493 g/mol. The maximum atomic E-state index is 13.3. The van der Waals surface area contributed by atoms with Gasteiger partial charge in [-0.2, -0.15) is 4.31 Å². The van der Waals surface area contributed by atoms with E-state index in [0.29, 0.717) is 50.6 Å². The van der Waals surface area contributed by atoms with Gasteiger partial charge in [0.05, 0.1) is 18.1 Å². The molecule has 2 heterocycles. The van der Waals surface area contributed by atoms with E-state index in [9.17, 15) is 13.2 Å². The molecule has 6 rings (SSSR count). The van der Waals surface area contributed by atoms with Gasteiger partial charge in [0.15, 0.2) is 11.5 Å². The molecule has 2 aliphatic heterocycles. The molecule has 8 heteroatoms. The Kier molecular flexibility index (Phi) is 5.65. The van der Waals surface area contributed by atoms with Gasteiger partial charge < -0.3 is 14.8 Å². The number of ether oxygens (including phenoxy) is 2. The predicted molar refractivity (Wildman–Crippen MR) is 134 cm³/mol. The molecule has 1 N–H and O–H groups in total. The molecule has 35 heavy (non-hydrogen) atoms. The number of aryl methyl sites for hydroxylation is 2. The van der Waals surface area contributed by atoms with Gasteiger partial charge in [0.25, 0.3) is 0 Å². The summed E-state index contributed by atoms with van der Waals surface area (Å²) in [5.74, 6) is 0.757. The van der Waals surface area contributed by atoms with Crippen LogP contribution in [0.3, 0.4) is 0 Å². The van der Waals surface area contributed by atoms with Crippen molar-refractivity contribution in [3.8, 4) is 11.5 Å². The number of hydrogen-bond donors (Lipinski definition) is 1. The number of piperidine rings is 1. The Labute approximate surface area is 205 Å². The number of rotatable bonds is 4. The molecule has 1 amide bonds. The molecule has 0 atom stereocenters. The topological polar surface area (TPSA) is 84.9 Å². The largest absolute Gasteiger partial charge is 0.490 e. The van der Waals surface area contributed by atoms with Crippen molar-refractivity contribution in [1.29, 1.82) is 0 Å². The summed E-state index contributed by atoms with van der Waals surface area (Å²) in [5.41, 5.74) is 3.50. The highest BCUT2D eigenvalue weighted by molar-refractivity contribution is 7.89. The second kappa shape index (κ2) is 8.84. The lowest BCUT2D eigenvalue weighted by atomic mass is 9.96. The monoisotopic (exact) mass is 492 g/mol. The fourth-order valence-electron chi connectivity index (χ4n) is 5.40. The van der Waals surface area contributed by atoms with Crippen LogP contribution in [0.5, 0.6) is 11.5 Å². The fourth-order valence-corrected chi connectivity index (χ4v) is 6.89. The average Bonchev–Trinajstić information content (AvgIpc) is 3.15. The van der Waals surface area contributed by atoms with E-state index in [1.54, 1.807) is 18.2 Å². The van der Waals surface area contributed by atoms with E-state index in [0.717, 1.165) is 30.3 Å². The molecule has 1 fully saturated rings. The van der Waals surface area contributed by atoms with Crippen LogP contribution >= 0.6 is 0 Å². The van der Waals surface area contributed by atoms with E-state index in [2.05, 4.69) is 23.5 Å². The van der Waals surface area contributed by atoms with Crippen molar-refractivity contribution in [3.63, 3.8) is 0 Å². The van der Waals surface area contributed by atoms with Gasteiger partial charge in [0.2, 0.25) is 15.9 Å². The van der Waals surface area contributed by atoms with Gasteiger partial charge in [-0.05, 0) is 60.4 Å². The van der Waals surface area contributed by atoms with Gasteiger partial charge in [0.1, 0.15) is 0 Å².